The van der Waals surface area contributed by atoms with Crippen LogP contribution in [0.2, 0.25) is 0 Å². The molecule has 1 unspecified atom stereocenters. The van der Waals surface area contributed by atoms with Crippen molar-refractivity contribution in [2.24, 2.45) is 0 Å². The second kappa shape index (κ2) is 4.81. The maximum atomic E-state index is 12.8. The molecular formula is C8H15F3N2. The maximum absolute atomic E-state index is 12.8. The first kappa shape index (κ1) is 10.8. The van der Waals surface area contributed by atoms with Crippen LogP contribution >= 0.6 is 0 Å². The summed E-state index contributed by atoms with van der Waals surface area (Å²) in [5.41, 5.74) is 0. The normalized spacial score (nSPS) is 23.8. The monoisotopic (exact) mass is 196 g/mol. The Morgan fingerprint density at radius 1 is 1.23 bits per heavy atom. The molecule has 5 heteroatoms. The Kier molecular flexibility index (Phi) is 3.99. The van der Waals surface area contributed by atoms with Gasteiger partial charge in [-0.05, 0) is 19.9 Å². The lowest BCUT2D eigenvalue weighted by Crippen LogP contribution is -2.46. The number of halogens is 3. The molecule has 0 aliphatic carbocycles. The van der Waals surface area contributed by atoms with Crippen molar-refractivity contribution in [1.82, 2.24) is 10.2 Å². The predicted molar refractivity (Wildman–Crippen MR) is 44.6 cm³/mol. The lowest BCUT2D eigenvalue weighted by Gasteiger charge is -2.33. The maximum Gasteiger partial charge on any atom is 0.282 e. The van der Waals surface area contributed by atoms with Crippen LogP contribution in [-0.2, 0) is 0 Å². The third kappa shape index (κ3) is 2.84. The van der Waals surface area contributed by atoms with Gasteiger partial charge in [-0.1, -0.05) is 0 Å². The van der Waals surface area contributed by atoms with Crippen LogP contribution in [0.15, 0.2) is 0 Å². The van der Waals surface area contributed by atoms with Crippen molar-refractivity contribution < 1.29 is 13.2 Å². The van der Waals surface area contributed by atoms with Gasteiger partial charge in [-0.2, -0.15) is 0 Å². The van der Waals surface area contributed by atoms with Crippen LogP contribution in [-0.4, -0.2) is 43.8 Å². The van der Waals surface area contributed by atoms with Crippen LogP contribution in [0.1, 0.15) is 12.8 Å². The summed E-state index contributed by atoms with van der Waals surface area (Å²) in [5, 5.41) is 3.06. The van der Waals surface area contributed by atoms with Gasteiger partial charge in [-0.15, -0.1) is 0 Å². The van der Waals surface area contributed by atoms with Gasteiger partial charge in [0.2, 0.25) is 6.30 Å². The van der Waals surface area contributed by atoms with Gasteiger partial charge in [-0.25, -0.2) is 13.2 Å². The number of hydrogen-bond donors (Lipinski definition) is 1. The van der Waals surface area contributed by atoms with Crippen LogP contribution in [0, 0.1) is 0 Å². The summed E-state index contributed by atoms with van der Waals surface area (Å²) in [6.45, 7) is 0.827. The highest BCUT2D eigenvalue weighted by atomic mass is 19.3. The minimum Gasteiger partial charge on any atom is -0.317 e. The van der Waals surface area contributed by atoms with E-state index in [-0.39, 0.29) is 0 Å². The van der Waals surface area contributed by atoms with Crippen molar-refractivity contribution in [3.63, 3.8) is 0 Å². The van der Waals surface area contributed by atoms with Gasteiger partial charge >= 0.3 is 0 Å². The summed E-state index contributed by atoms with van der Waals surface area (Å²) in [6.07, 6.45) is -3.49. The molecule has 1 saturated heterocycles. The Labute approximate surface area is 76.1 Å². The zero-order chi connectivity index (χ0) is 9.84. The highest BCUT2D eigenvalue weighted by Gasteiger charge is 2.29. The Hall–Kier alpha value is -0.290. The molecule has 0 bridgehead atoms. The Balaban J connectivity index is 2.32. The number of nitrogens with zero attached hydrogens (tertiary/aromatic N) is 1. The second-order valence-corrected chi connectivity index (χ2v) is 3.31. The van der Waals surface area contributed by atoms with E-state index in [0.29, 0.717) is 19.1 Å². The molecule has 0 radical (unpaired) electrons. The van der Waals surface area contributed by atoms with E-state index in [1.54, 1.807) is 0 Å². The highest BCUT2D eigenvalue weighted by molar-refractivity contribution is 4.77. The zero-order valence-corrected chi connectivity index (χ0v) is 7.64. The summed E-state index contributed by atoms with van der Waals surface area (Å²) in [7, 11) is 1.83. The molecule has 0 amide bonds. The Morgan fingerprint density at radius 3 is 2.15 bits per heavy atom. The summed E-state index contributed by atoms with van der Waals surface area (Å²) in [4.78, 5) is 1.21. The number of piperidine rings is 1. The number of nitrogens with one attached hydrogen (secondary N) is 1. The van der Waals surface area contributed by atoms with Gasteiger partial charge in [-0.3, -0.25) is 4.90 Å². The van der Waals surface area contributed by atoms with E-state index in [1.165, 1.54) is 4.90 Å². The van der Waals surface area contributed by atoms with E-state index in [9.17, 15) is 13.2 Å². The standard InChI is InChI=1S/C8H15F3N2/c1-12-6-2-4-13(5-3-6)8(11)7(9)10/h6-8,12H,2-5H2,1H3. The minimum atomic E-state index is -2.88. The van der Waals surface area contributed by atoms with Crippen LogP contribution in [0.25, 0.3) is 0 Å². The largest absolute Gasteiger partial charge is 0.317 e. The molecule has 1 fully saturated rings. The number of rotatable bonds is 3. The molecule has 0 spiro atoms. The summed E-state index contributed by atoms with van der Waals surface area (Å²) in [6, 6.07) is 0.348. The average Bonchev–Trinajstić information content (AvgIpc) is 2.17. The topological polar surface area (TPSA) is 15.3 Å². The average molecular weight is 196 g/mol. The van der Waals surface area contributed by atoms with E-state index in [1.807, 2.05) is 7.05 Å². The molecule has 1 heterocycles. The van der Waals surface area contributed by atoms with Gasteiger partial charge in [0.1, 0.15) is 0 Å². The van der Waals surface area contributed by atoms with Crippen LogP contribution in [0.5, 0.6) is 0 Å². The van der Waals surface area contributed by atoms with Crippen LogP contribution in [0.3, 0.4) is 0 Å². The summed E-state index contributed by atoms with van der Waals surface area (Å²) < 4.78 is 36.7. The number of likely N-dealkylation sites (tertiary alicyclic amines) is 1. The first-order valence-electron chi connectivity index (χ1n) is 4.48. The fourth-order valence-corrected chi connectivity index (χ4v) is 1.59. The smallest absolute Gasteiger partial charge is 0.282 e. The third-order valence-electron chi connectivity index (χ3n) is 2.49. The lowest BCUT2D eigenvalue weighted by molar-refractivity contribution is -0.0581. The number of alkyl halides is 3. The zero-order valence-electron chi connectivity index (χ0n) is 7.64. The molecule has 13 heavy (non-hydrogen) atoms. The SMILES string of the molecule is CNC1CCN(C(F)C(F)F)CC1. The molecule has 1 N–H and O–H groups in total. The van der Waals surface area contributed by atoms with Gasteiger partial charge in [0.05, 0.1) is 0 Å². The highest BCUT2D eigenvalue weighted by Crippen LogP contribution is 2.17. The molecule has 78 valence electrons. The molecule has 0 aromatic rings. The fourth-order valence-electron chi connectivity index (χ4n) is 1.59. The van der Waals surface area contributed by atoms with Gasteiger partial charge in [0, 0.05) is 19.1 Å². The van der Waals surface area contributed by atoms with Crippen molar-refractivity contribution >= 4 is 0 Å². The molecular weight excluding hydrogens is 181 g/mol. The second-order valence-electron chi connectivity index (χ2n) is 3.31. The molecule has 1 aliphatic rings. The van der Waals surface area contributed by atoms with Crippen molar-refractivity contribution in [2.45, 2.75) is 31.6 Å². The molecule has 0 aromatic heterocycles. The number of hydrogen-bond acceptors (Lipinski definition) is 2. The summed E-state index contributed by atoms with van der Waals surface area (Å²) in [5.74, 6) is 0. The van der Waals surface area contributed by atoms with Gasteiger partial charge in [0.15, 0.2) is 0 Å². The first-order chi connectivity index (χ1) is 6.15. The molecule has 1 atom stereocenters. The van der Waals surface area contributed by atoms with Crippen LogP contribution in [0.4, 0.5) is 13.2 Å². The lowest BCUT2D eigenvalue weighted by atomic mass is 10.1. The Bertz CT molecular complexity index is 146. The van der Waals surface area contributed by atoms with E-state index >= 15 is 0 Å². The van der Waals surface area contributed by atoms with E-state index in [4.69, 9.17) is 0 Å². The third-order valence-corrected chi connectivity index (χ3v) is 2.49. The Morgan fingerprint density at radius 2 is 1.77 bits per heavy atom. The van der Waals surface area contributed by atoms with Crippen molar-refractivity contribution in [2.75, 3.05) is 20.1 Å². The summed E-state index contributed by atoms with van der Waals surface area (Å²) >= 11 is 0. The molecule has 1 rings (SSSR count). The van der Waals surface area contributed by atoms with E-state index in [2.05, 4.69) is 5.32 Å². The van der Waals surface area contributed by atoms with E-state index < -0.39 is 12.7 Å². The molecule has 2 nitrogen and oxygen atoms in total. The minimum absolute atomic E-state index is 0.348. The quantitative estimate of drug-likeness (QED) is 0.683. The van der Waals surface area contributed by atoms with Gasteiger partial charge in [0.25, 0.3) is 6.43 Å². The van der Waals surface area contributed by atoms with Crippen molar-refractivity contribution in [1.29, 1.82) is 0 Å². The fraction of sp³-hybridized carbons (Fsp3) is 1.00. The first-order valence-corrected chi connectivity index (χ1v) is 4.48. The van der Waals surface area contributed by atoms with E-state index in [0.717, 1.165) is 12.8 Å². The van der Waals surface area contributed by atoms with Crippen molar-refractivity contribution in [3.8, 4) is 0 Å². The van der Waals surface area contributed by atoms with Crippen molar-refractivity contribution in [3.05, 3.63) is 0 Å². The molecule has 0 aromatic carbocycles. The van der Waals surface area contributed by atoms with Gasteiger partial charge < -0.3 is 5.32 Å². The van der Waals surface area contributed by atoms with Crippen LogP contribution < -0.4 is 5.32 Å². The molecule has 0 saturated carbocycles. The molecule has 1 aliphatic heterocycles. The predicted octanol–water partition coefficient (Wildman–Crippen LogP) is 1.23.